The van der Waals surface area contributed by atoms with Gasteiger partial charge in [-0.1, -0.05) is 13.0 Å². The Morgan fingerprint density at radius 1 is 1.23 bits per heavy atom. The van der Waals surface area contributed by atoms with Crippen LogP contribution in [0.2, 0.25) is 0 Å². The van der Waals surface area contributed by atoms with Gasteiger partial charge in [0.25, 0.3) is 0 Å². The fourth-order valence-electron chi connectivity index (χ4n) is 2.87. The monoisotopic (exact) mass is 373 g/mol. The van der Waals surface area contributed by atoms with Crippen LogP contribution in [0.4, 0.5) is 5.13 Å². The Morgan fingerprint density at radius 3 is 2.73 bits per heavy atom. The number of nitrogens with zero attached hydrogens (tertiary/aromatic N) is 6. The Kier molecular flexibility index (Phi) is 6.76. The van der Waals surface area contributed by atoms with Gasteiger partial charge in [0.05, 0.1) is 0 Å². The van der Waals surface area contributed by atoms with Gasteiger partial charge in [-0.2, -0.15) is 4.37 Å². The fraction of sp³-hybridized carbons (Fsp3) is 0.556. The summed E-state index contributed by atoms with van der Waals surface area (Å²) in [5, 5.41) is 4.46. The summed E-state index contributed by atoms with van der Waals surface area (Å²) in [6.07, 6.45) is 3.59. The number of guanidine groups is 1. The van der Waals surface area contributed by atoms with Gasteiger partial charge in [0.15, 0.2) is 5.96 Å². The van der Waals surface area contributed by atoms with Crippen LogP contribution in [0.25, 0.3) is 0 Å². The molecule has 0 spiro atoms. The predicted octanol–water partition coefficient (Wildman–Crippen LogP) is 1.83. The Bertz CT molecular complexity index is 693. The fourth-order valence-corrected chi connectivity index (χ4v) is 3.68. The van der Waals surface area contributed by atoms with E-state index in [1.54, 1.807) is 0 Å². The van der Waals surface area contributed by atoms with Gasteiger partial charge < -0.3 is 15.1 Å². The summed E-state index contributed by atoms with van der Waals surface area (Å²) in [6.45, 7) is 9.60. The molecule has 140 valence electrons. The number of aryl methyl sites for hydroxylation is 1. The molecule has 2 aromatic rings. The van der Waals surface area contributed by atoms with Crippen LogP contribution in [0, 0.1) is 0 Å². The molecule has 0 atom stereocenters. The number of nitrogens with one attached hydrogen (secondary N) is 1. The van der Waals surface area contributed by atoms with Crippen molar-refractivity contribution in [3.8, 4) is 0 Å². The van der Waals surface area contributed by atoms with E-state index >= 15 is 0 Å². The summed E-state index contributed by atoms with van der Waals surface area (Å²) in [6, 6.07) is 6.01. The minimum Gasteiger partial charge on any atom is -0.357 e. The topological polar surface area (TPSA) is 69.5 Å². The van der Waals surface area contributed by atoms with Crippen molar-refractivity contribution in [3.05, 3.63) is 35.9 Å². The second kappa shape index (κ2) is 9.47. The minimum absolute atomic E-state index is 0.746. The van der Waals surface area contributed by atoms with Crippen LogP contribution in [0.15, 0.2) is 29.4 Å². The average molecular weight is 374 g/mol. The first-order valence-electron chi connectivity index (χ1n) is 9.30. The van der Waals surface area contributed by atoms with Gasteiger partial charge in [0.1, 0.15) is 5.82 Å². The molecule has 0 aliphatic carbocycles. The summed E-state index contributed by atoms with van der Waals surface area (Å²) >= 11 is 1.51. The van der Waals surface area contributed by atoms with Gasteiger partial charge in [0.2, 0.25) is 5.13 Å². The molecule has 2 aromatic heterocycles. The maximum absolute atomic E-state index is 4.80. The van der Waals surface area contributed by atoms with Crippen LogP contribution < -0.4 is 10.2 Å². The third-order valence-corrected chi connectivity index (χ3v) is 5.13. The maximum atomic E-state index is 4.80. The summed E-state index contributed by atoms with van der Waals surface area (Å²) < 4.78 is 4.40. The molecular formula is C18H27N7S. The molecule has 3 heterocycles. The molecule has 0 unspecified atom stereocenters. The molecule has 1 aliphatic heterocycles. The highest BCUT2D eigenvalue weighted by Crippen LogP contribution is 2.19. The molecule has 1 N–H and O–H groups in total. The number of hydrogen-bond donors (Lipinski definition) is 1. The Morgan fingerprint density at radius 2 is 2.08 bits per heavy atom. The number of piperazine rings is 1. The summed E-state index contributed by atoms with van der Waals surface area (Å²) in [5.74, 6) is 1.94. The molecule has 0 aromatic carbocycles. The molecule has 0 radical (unpaired) electrons. The van der Waals surface area contributed by atoms with Crippen molar-refractivity contribution in [2.24, 2.45) is 4.99 Å². The van der Waals surface area contributed by atoms with Crippen LogP contribution in [0.3, 0.4) is 0 Å². The standard InChI is InChI=1S/C18H27N7S/c1-3-16-22-18(26-23-16)25-13-11-24(12-14-25)17(19-4-2)21-10-8-15-7-5-6-9-20-15/h5-7,9H,3-4,8,10-14H2,1-2H3,(H,19,21). The van der Waals surface area contributed by atoms with Crippen LogP contribution in [0.5, 0.6) is 0 Å². The molecule has 1 saturated heterocycles. The normalized spacial score (nSPS) is 15.4. The van der Waals surface area contributed by atoms with Crippen molar-refractivity contribution in [1.29, 1.82) is 0 Å². The van der Waals surface area contributed by atoms with Gasteiger partial charge in [-0.3, -0.25) is 9.98 Å². The molecular weight excluding hydrogens is 346 g/mol. The van der Waals surface area contributed by atoms with Crippen molar-refractivity contribution in [1.82, 2.24) is 24.6 Å². The van der Waals surface area contributed by atoms with Gasteiger partial charge in [-0.25, -0.2) is 4.98 Å². The van der Waals surface area contributed by atoms with Crippen LogP contribution in [-0.2, 0) is 12.8 Å². The molecule has 1 aliphatic rings. The van der Waals surface area contributed by atoms with Crippen LogP contribution in [-0.4, -0.2) is 64.5 Å². The molecule has 26 heavy (non-hydrogen) atoms. The van der Waals surface area contributed by atoms with Crippen LogP contribution >= 0.6 is 11.5 Å². The zero-order valence-electron chi connectivity index (χ0n) is 15.6. The summed E-state index contributed by atoms with van der Waals surface area (Å²) in [7, 11) is 0. The van der Waals surface area contributed by atoms with E-state index in [1.807, 2.05) is 24.4 Å². The van der Waals surface area contributed by atoms with Gasteiger partial charge in [-0.15, -0.1) is 0 Å². The van der Waals surface area contributed by atoms with Crippen LogP contribution in [0.1, 0.15) is 25.4 Å². The Labute approximate surface area is 159 Å². The van der Waals surface area contributed by atoms with Gasteiger partial charge in [-0.05, 0) is 19.1 Å². The number of rotatable bonds is 6. The highest BCUT2D eigenvalue weighted by molar-refractivity contribution is 7.09. The smallest absolute Gasteiger partial charge is 0.205 e. The lowest BCUT2D eigenvalue weighted by Crippen LogP contribution is -2.52. The van der Waals surface area contributed by atoms with Gasteiger partial charge in [0, 0.05) is 75.5 Å². The molecule has 0 amide bonds. The summed E-state index contributed by atoms with van der Waals surface area (Å²) in [5.41, 5.74) is 1.08. The van der Waals surface area contributed by atoms with E-state index in [0.717, 1.165) is 74.7 Å². The van der Waals surface area contributed by atoms with E-state index in [2.05, 4.69) is 43.3 Å². The predicted molar refractivity (Wildman–Crippen MR) is 107 cm³/mol. The second-order valence-electron chi connectivity index (χ2n) is 6.13. The largest absolute Gasteiger partial charge is 0.357 e. The number of anilines is 1. The number of aliphatic imine (C=N–C) groups is 1. The van der Waals surface area contributed by atoms with Crippen molar-refractivity contribution in [3.63, 3.8) is 0 Å². The quantitative estimate of drug-likeness (QED) is 0.615. The third kappa shape index (κ3) is 4.91. The van der Waals surface area contributed by atoms with E-state index in [1.165, 1.54) is 11.5 Å². The first-order chi connectivity index (χ1) is 12.8. The highest BCUT2D eigenvalue weighted by atomic mass is 32.1. The molecule has 7 nitrogen and oxygen atoms in total. The highest BCUT2D eigenvalue weighted by Gasteiger charge is 2.21. The number of pyridine rings is 1. The van der Waals surface area contributed by atoms with E-state index in [4.69, 9.17) is 4.99 Å². The lowest BCUT2D eigenvalue weighted by Gasteiger charge is -2.36. The third-order valence-electron chi connectivity index (χ3n) is 4.31. The number of hydrogen-bond acceptors (Lipinski definition) is 6. The first kappa shape index (κ1) is 18.6. The molecule has 3 rings (SSSR count). The maximum Gasteiger partial charge on any atom is 0.205 e. The van der Waals surface area contributed by atoms with E-state index in [0.29, 0.717) is 0 Å². The molecule has 1 fully saturated rings. The zero-order chi connectivity index (χ0) is 18.2. The van der Waals surface area contributed by atoms with Crippen molar-refractivity contribution >= 4 is 22.6 Å². The average Bonchev–Trinajstić information content (AvgIpc) is 3.18. The molecule has 0 bridgehead atoms. The van der Waals surface area contributed by atoms with E-state index in [-0.39, 0.29) is 0 Å². The lowest BCUT2D eigenvalue weighted by molar-refractivity contribution is 0.372. The second-order valence-corrected chi connectivity index (χ2v) is 6.86. The van der Waals surface area contributed by atoms with E-state index < -0.39 is 0 Å². The minimum atomic E-state index is 0.746. The molecule has 0 saturated carbocycles. The Hall–Kier alpha value is -2.22. The Balaban J connectivity index is 1.54. The van der Waals surface area contributed by atoms with Gasteiger partial charge >= 0.3 is 0 Å². The van der Waals surface area contributed by atoms with Crippen molar-refractivity contribution in [2.75, 3.05) is 44.2 Å². The lowest BCUT2D eigenvalue weighted by atomic mass is 10.3. The summed E-state index contributed by atoms with van der Waals surface area (Å²) in [4.78, 5) is 18.4. The first-order valence-corrected chi connectivity index (χ1v) is 10.1. The van der Waals surface area contributed by atoms with E-state index in [9.17, 15) is 0 Å². The van der Waals surface area contributed by atoms with Crippen molar-refractivity contribution < 1.29 is 0 Å². The SMILES string of the molecule is CCNC(=NCCc1ccccn1)N1CCN(c2nc(CC)ns2)CC1. The molecule has 8 heteroatoms. The van der Waals surface area contributed by atoms with Crippen molar-refractivity contribution in [2.45, 2.75) is 26.7 Å². The number of aromatic nitrogens is 3. The zero-order valence-corrected chi connectivity index (χ0v) is 16.4.